The molecule has 0 saturated carbocycles. The molecule has 27 heavy (non-hydrogen) atoms. The number of carbonyl (C=O) groups excluding carboxylic acids is 1. The molecule has 0 N–H and O–H groups in total. The van der Waals surface area contributed by atoms with Crippen LogP contribution < -0.4 is 0 Å². The zero-order valence-corrected chi connectivity index (χ0v) is 18.0. The van der Waals surface area contributed by atoms with Crippen molar-refractivity contribution in [2.24, 2.45) is 0 Å². The molecule has 1 aliphatic heterocycles. The summed E-state index contributed by atoms with van der Waals surface area (Å²) in [5, 5.41) is 6.31. The fourth-order valence-electron chi connectivity index (χ4n) is 3.52. The van der Waals surface area contributed by atoms with E-state index in [1.807, 2.05) is 32.2 Å². The molecule has 0 radical (unpaired) electrons. The molecule has 1 aliphatic rings. The lowest BCUT2D eigenvalue weighted by atomic mass is 10.2. The second-order valence-corrected chi connectivity index (χ2v) is 9.96. The van der Waals surface area contributed by atoms with Crippen LogP contribution in [0, 0.1) is 20.8 Å². The lowest BCUT2D eigenvalue weighted by Gasteiger charge is -2.34. The zero-order valence-electron chi connectivity index (χ0n) is 16.4. The highest BCUT2D eigenvalue weighted by Gasteiger charge is 2.34. The number of aryl methyl sites for hydroxylation is 2. The van der Waals surface area contributed by atoms with E-state index >= 15 is 0 Å². The molecule has 7 nitrogen and oxygen atoms in total. The highest BCUT2D eigenvalue weighted by Crippen LogP contribution is 2.27. The lowest BCUT2D eigenvalue weighted by molar-refractivity contribution is 0.0702. The van der Waals surface area contributed by atoms with Gasteiger partial charge in [0.25, 0.3) is 5.91 Å². The Morgan fingerprint density at radius 1 is 1.15 bits per heavy atom. The molecule has 0 aliphatic carbocycles. The smallest absolute Gasteiger partial charge is 0.264 e. The van der Waals surface area contributed by atoms with Crippen molar-refractivity contribution in [1.29, 1.82) is 0 Å². The maximum absolute atomic E-state index is 13.2. The van der Waals surface area contributed by atoms with Gasteiger partial charge in [0.1, 0.15) is 4.90 Å². The van der Waals surface area contributed by atoms with Gasteiger partial charge in [-0.15, -0.1) is 11.3 Å². The van der Waals surface area contributed by atoms with E-state index in [0.29, 0.717) is 42.5 Å². The fourth-order valence-corrected chi connectivity index (χ4v) is 6.20. The summed E-state index contributed by atoms with van der Waals surface area (Å²) in [6.45, 7) is 10.8. The van der Waals surface area contributed by atoms with Gasteiger partial charge in [0, 0.05) is 32.2 Å². The minimum atomic E-state index is -3.63. The number of nitrogens with zero attached hydrogens (tertiary/aromatic N) is 4. The summed E-state index contributed by atoms with van der Waals surface area (Å²) in [6.07, 6.45) is 0. The first-order chi connectivity index (χ1) is 12.6. The minimum Gasteiger partial charge on any atom is -0.335 e. The third-order valence-electron chi connectivity index (χ3n) is 4.93. The Hall–Kier alpha value is -1.71. The summed E-state index contributed by atoms with van der Waals surface area (Å²) in [5.74, 6) is -0.0143. The molecule has 3 heterocycles. The van der Waals surface area contributed by atoms with E-state index in [-0.39, 0.29) is 11.9 Å². The number of thiophene rings is 1. The summed E-state index contributed by atoms with van der Waals surface area (Å²) in [7, 11) is -3.63. The summed E-state index contributed by atoms with van der Waals surface area (Å²) >= 11 is 1.43. The summed E-state index contributed by atoms with van der Waals surface area (Å²) in [5.41, 5.74) is 2.15. The number of carbonyl (C=O) groups is 1. The van der Waals surface area contributed by atoms with E-state index in [0.717, 1.165) is 10.4 Å². The second-order valence-electron chi connectivity index (χ2n) is 7.17. The Morgan fingerprint density at radius 3 is 2.26 bits per heavy atom. The Balaban J connectivity index is 1.78. The Morgan fingerprint density at radius 2 is 1.78 bits per heavy atom. The number of hydrogen-bond donors (Lipinski definition) is 0. The van der Waals surface area contributed by atoms with E-state index in [9.17, 15) is 13.2 Å². The number of piperazine rings is 1. The van der Waals surface area contributed by atoms with Crippen LogP contribution in [0.4, 0.5) is 0 Å². The number of rotatable bonds is 4. The summed E-state index contributed by atoms with van der Waals surface area (Å²) < 4.78 is 29.6. The van der Waals surface area contributed by atoms with E-state index in [1.165, 1.54) is 15.6 Å². The van der Waals surface area contributed by atoms with Crippen LogP contribution in [0.2, 0.25) is 0 Å². The predicted octanol–water partition coefficient (Wildman–Crippen LogP) is 2.60. The van der Waals surface area contributed by atoms with Crippen molar-refractivity contribution in [3.8, 4) is 0 Å². The van der Waals surface area contributed by atoms with Crippen LogP contribution >= 0.6 is 11.3 Å². The van der Waals surface area contributed by atoms with E-state index in [2.05, 4.69) is 5.10 Å². The molecule has 2 aromatic rings. The molecule has 0 aromatic carbocycles. The normalized spacial score (nSPS) is 16.3. The van der Waals surface area contributed by atoms with Crippen molar-refractivity contribution in [3.63, 3.8) is 0 Å². The monoisotopic (exact) mass is 410 g/mol. The van der Waals surface area contributed by atoms with Crippen molar-refractivity contribution in [2.75, 3.05) is 26.2 Å². The summed E-state index contributed by atoms with van der Waals surface area (Å²) in [4.78, 5) is 15.4. The van der Waals surface area contributed by atoms with Gasteiger partial charge in [-0.05, 0) is 51.6 Å². The molecular formula is C18H26N4O3S2. The first-order valence-electron chi connectivity index (χ1n) is 9.03. The van der Waals surface area contributed by atoms with Gasteiger partial charge < -0.3 is 4.90 Å². The Labute approximate surface area is 164 Å². The van der Waals surface area contributed by atoms with Gasteiger partial charge in [0.05, 0.1) is 16.3 Å². The van der Waals surface area contributed by atoms with E-state index in [1.54, 1.807) is 23.4 Å². The molecule has 0 atom stereocenters. The van der Waals surface area contributed by atoms with Crippen LogP contribution in [0.3, 0.4) is 0 Å². The van der Waals surface area contributed by atoms with Crippen LogP contribution in [0.25, 0.3) is 0 Å². The maximum atomic E-state index is 13.2. The van der Waals surface area contributed by atoms with Crippen molar-refractivity contribution < 1.29 is 13.2 Å². The highest BCUT2D eigenvalue weighted by atomic mass is 32.2. The summed E-state index contributed by atoms with van der Waals surface area (Å²) in [6, 6.07) is 2.02. The third kappa shape index (κ3) is 3.55. The molecule has 9 heteroatoms. The van der Waals surface area contributed by atoms with Crippen LogP contribution in [0.15, 0.2) is 16.3 Å². The molecule has 3 rings (SSSR count). The Bertz CT molecular complexity index is 951. The first-order valence-corrected chi connectivity index (χ1v) is 11.4. The topological polar surface area (TPSA) is 75.5 Å². The van der Waals surface area contributed by atoms with Gasteiger partial charge in [-0.1, -0.05) is 0 Å². The van der Waals surface area contributed by atoms with Crippen molar-refractivity contribution >= 4 is 27.3 Å². The average Bonchev–Trinajstić information content (AvgIpc) is 3.17. The molecule has 148 valence electrons. The maximum Gasteiger partial charge on any atom is 0.264 e. The van der Waals surface area contributed by atoms with Gasteiger partial charge in [-0.25, -0.2) is 8.42 Å². The predicted molar refractivity (Wildman–Crippen MR) is 106 cm³/mol. The number of amides is 1. The molecule has 1 amide bonds. The zero-order chi connectivity index (χ0) is 19.9. The van der Waals surface area contributed by atoms with Crippen LogP contribution in [0.1, 0.15) is 46.5 Å². The number of sulfonamides is 1. The standard InChI is InChI=1S/C18H26N4O3S2/c1-12(2)22-15(5)17(14(4)19-22)27(24,25)21-9-7-20(8-10-21)18(23)16-13(3)6-11-26-16/h6,11-12H,7-10H2,1-5H3. The molecule has 0 spiro atoms. The van der Waals surface area contributed by atoms with Gasteiger partial charge in [0.2, 0.25) is 10.0 Å². The number of hydrogen-bond acceptors (Lipinski definition) is 5. The minimum absolute atomic E-state index is 0.0143. The number of aromatic nitrogens is 2. The quantitative estimate of drug-likeness (QED) is 0.776. The van der Waals surface area contributed by atoms with E-state index < -0.39 is 10.0 Å². The SMILES string of the molecule is Cc1ccsc1C(=O)N1CCN(S(=O)(=O)c2c(C)nn(C(C)C)c2C)CC1. The van der Waals surface area contributed by atoms with E-state index in [4.69, 9.17) is 0 Å². The molecule has 2 aromatic heterocycles. The van der Waals surface area contributed by atoms with Crippen LogP contribution in [0.5, 0.6) is 0 Å². The fraction of sp³-hybridized carbons (Fsp3) is 0.556. The molecule has 1 fully saturated rings. The van der Waals surface area contributed by atoms with Crippen molar-refractivity contribution in [3.05, 3.63) is 33.3 Å². The van der Waals surface area contributed by atoms with Gasteiger partial charge in [0.15, 0.2) is 0 Å². The highest BCUT2D eigenvalue weighted by molar-refractivity contribution is 7.89. The largest absolute Gasteiger partial charge is 0.335 e. The van der Waals surface area contributed by atoms with Gasteiger partial charge in [-0.3, -0.25) is 9.48 Å². The second kappa shape index (κ2) is 7.37. The van der Waals surface area contributed by atoms with Crippen LogP contribution in [-0.4, -0.2) is 59.5 Å². The Kier molecular flexibility index (Phi) is 5.47. The first kappa shape index (κ1) is 20.0. The molecule has 1 saturated heterocycles. The van der Waals surface area contributed by atoms with Crippen LogP contribution in [-0.2, 0) is 10.0 Å². The van der Waals surface area contributed by atoms with Gasteiger partial charge >= 0.3 is 0 Å². The lowest BCUT2D eigenvalue weighted by Crippen LogP contribution is -2.50. The molecule has 0 unspecified atom stereocenters. The third-order valence-corrected chi connectivity index (χ3v) is 8.08. The molecule has 0 bridgehead atoms. The molecular weight excluding hydrogens is 384 g/mol. The average molecular weight is 411 g/mol. The van der Waals surface area contributed by atoms with Crippen molar-refractivity contribution in [1.82, 2.24) is 19.0 Å². The van der Waals surface area contributed by atoms with Crippen molar-refractivity contribution in [2.45, 2.75) is 45.6 Å². The van der Waals surface area contributed by atoms with Gasteiger partial charge in [-0.2, -0.15) is 9.40 Å².